The first-order chi connectivity index (χ1) is 9.45. The highest BCUT2D eigenvalue weighted by molar-refractivity contribution is 6.34. The molecule has 0 saturated heterocycles. The van der Waals surface area contributed by atoms with Crippen molar-refractivity contribution in [3.8, 4) is 0 Å². The van der Waals surface area contributed by atoms with Crippen LogP contribution in [0.15, 0.2) is 36.4 Å². The van der Waals surface area contributed by atoms with Crippen LogP contribution in [-0.4, -0.2) is 4.92 Å². The summed E-state index contributed by atoms with van der Waals surface area (Å²) in [5, 5.41) is 14.9. The van der Waals surface area contributed by atoms with Crippen LogP contribution in [-0.2, 0) is 6.54 Å². The molecule has 7 heteroatoms. The summed E-state index contributed by atoms with van der Waals surface area (Å²) in [6, 6.07) is 9.74. The summed E-state index contributed by atoms with van der Waals surface area (Å²) in [6.45, 7) is 0.446. The van der Waals surface area contributed by atoms with Gasteiger partial charge in [0.15, 0.2) is 0 Å². The van der Waals surface area contributed by atoms with Gasteiger partial charge in [0.2, 0.25) is 0 Å². The van der Waals surface area contributed by atoms with Gasteiger partial charge < -0.3 is 11.1 Å². The molecule has 0 spiro atoms. The highest BCUT2D eigenvalue weighted by Crippen LogP contribution is 2.26. The van der Waals surface area contributed by atoms with E-state index in [2.05, 4.69) is 5.32 Å². The standard InChI is InChI=1S/C13H11Cl2N3O2/c14-9-3-8(4-10(15)5-9)7-17-11-1-2-12(16)13(6-11)18(19)20/h1-6,17H,7,16H2. The van der Waals surface area contributed by atoms with Crippen LogP contribution in [0.4, 0.5) is 17.1 Å². The van der Waals surface area contributed by atoms with Gasteiger partial charge in [-0.2, -0.15) is 0 Å². The second-order valence-corrected chi connectivity index (χ2v) is 5.03. The normalized spacial score (nSPS) is 10.3. The van der Waals surface area contributed by atoms with E-state index in [0.717, 1.165) is 5.56 Å². The monoisotopic (exact) mass is 311 g/mol. The van der Waals surface area contributed by atoms with Crippen molar-refractivity contribution in [2.45, 2.75) is 6.54 Å². The predicted molar refractivity (Wildman–Crippen MR) is 81.3 cm³/mol. The van der Waals surface area contributed by atoms with E-state index in [0.29, 0.717) is 22.3 Å². The fourth-order valence-electron chi connectivity index (χ4n) is 1.73. The SMILES string of the molecule is Nc1ccc(NCc2cc(Cl)cc(Cl)c2)cc1[N+](=O)[O-]. The Morgan fingerprint density at radius 1 is 1.15 bits per heavy atom. The Balaban J connectivity index is 2.14. The third-order valence-corrected chi connectivity index (χ3v) is 3.08. The van der Waals surface area contributed by atoms with Crippen molar-refractivity contribution in [1.82, 2.24) is 0 Å². The molecule has 0 aromatic heterocycles. The maximum absolute atomic E-state index is 10.8. The molecule has 0 saturated carbocycles. The van der Waals surface area contributed by atoms with Crippen LogP contribution in [0.5, 0.6) is 0 Å². The number of rotatable bonds is 4. The molecule has 2 rings (SSSR count). The first-order valence-corrected chi connectivity index (χ1v) is 6.44. The molecule has 0 unspecified atom stereocenters. The second-order valence-electron chi connectivity index (χ2n) is 4.16. The molecule has 0 heterocycles. The van der Waals surface area contributed by atoms with Gasteiger partial charge in [0, 0.05) is 28.3 Å². The summed E-state index contributed by atoms with van der Waals surface area (Å²) < 4.78 is 0. The molecule has 0 atom stereocenters. The Bertz CT molecular complexity index is 642. The number of hydrogen-bond donors (Lipinski definition) is 2. The van der Waals surface area contributed by atoms with Crippen LogP contribution in [0.1, 0.15) is 5.56 Å². The van der Waals surface area contributed by atoms with Gasteiger partial charge in [-0.15, -0.1) is 0 Å². The van der Waals surface area contributed by atoms with E-state index in [1.807, 2.05) is 0 Å². The highest BCUT2D eigenvalue weighted by atomic mass is 35.5. The summed E-state index contributed by atoms with van der Waals surface area (Å²) in [5.41, 5.74) is 7.01. The Hall–Kier alpha value is -1.98. The van der Waals surface area contributed by atoms with E-state index >= 15 is 0 Å². The molecule has 0 radical (unpaired) electrons. The maximum Gasteiger partial charge on any atom is 0.294 e. The van der Waals surface area contributed by atoms with Gasteiger partial charge in [-0.05, 0) is 35.9 Å². The van der Waals surface area contributed by atoms with Crippen LogP contribution in [0.2, 0.25) is 10.0 Å². The topological polar surface area (TPSA) is 81.2 Å². The van der Waals surface area contributed by atoms with Gasteiger partial charge in [-0.3, -0.25) is 10.1 Å². The van der Waals surface area contributed by atoms with Gasteiger partial charge in [-0.25, -0.2) is 0 Å². The summed E-state index contributed by atoms with van der Waals surface area (Å²) in [4.78, 5) is 10.3. The molecule has 0 amide bonds. The number of nitro benzene ring substituents is 1. The molecule has 0 aliphatic rings. The molecular weight excluding hydrogens is 301 g/mol. The van der Waals surface area contributed by atoms with Crippen molar-refractivity contribution in [1.29, 1.82) is 0 Å². The molecule has 5 nitrogen and oxygen atoms in total. The third kappa shape index (κ3) is 3.53. The number of anilines is 2. The minimum Gasteiger partial charge on any atom is -0.393 e. The highest BCUT2D eigenvalue weighted by Gasteiger charge is 2.11. The van der Waals surface area contributed by atoms with E-state index in [-0.39, 0.29) is 11.4 Å². The van der Waals surface area contributed by atoms with E-state index in [4.69, 9.17) is 28.9 Å². The number of nitrogen functional groups attached to an aromatic ring is 1. The number of benzene rings is 2. The van der Waals surface area contributed by atoms with E-state index in [1.54, 1.807) is 24.3 Å². The molecule has 20 heavy (non-hydrogen) atoms. The van der Waals surface area contributed by atoms with Crippen molar-refractivity contribution >= 4 is 40.3 Å². The number of halogens is 2. The average molecular weight is 312 g/mol. The quantitative estimate of drug-likeness (QED) is 0.506. The first-order valence-electron chi connectivity index (χ1n) is 5.68. The zero-order valence-electron chi connectivity index (χ0n) is 10.3. The van der Waals surface area contributed by atoms with Crippen molar-refractivity contribution < 1.29 is 4.92 Å². The maximum atomic E-state index is 10.8. The summed E-state index contributed by atoms with van der Waals surface area (Å²) in [6.07, 6.45) is 0. The lowest BCUT2D eigenvalue weighted by Crippen LogP contribution is -2.01. The molecule has 0 fully saturated rings. The fourth-order valence-corrected chi connectivity index (χ4v) is 2.30. The van der Waals surface area contributed by atoms with Gasteiger partial charge in [0.1, 0.15) is 5.69 Å². The third-order valence-electron chi connectivity index (χ3n) is 2.65. The summed E-state index contributed by atoms with van der Waals surface area (Å²) >= 11 is 11.8. The molecule has 0 bridgehead atoms. The van der Waals surface area contributed by atoms with Crippen molar-refractivity contribution in [3.05, 3.63) is 62.1 Å². The second kappa shape index (κ2) is 5.98. The van der Waals surface area contributed by atoms with Crippen LogP contribution in [0, 0.1) is 10.1 Å². The Morgan fingerprint density at radius 3 is 2.40 bits per heavy atom. The number of nitrogens with zero attached hydrogens (tertiary/aromatic N) is 1. The van der Waals surface area contributed by atoms with E-state index < -0.39 is 4.92 Å². The van der Waals surface area contributed by atoms with E-state index in [1.165, 1.54) is 12.1 Å². The summed E-state index contributed by atoms with van der Waals surface area (Å²) in [5.74, 6) is 0. The van der Waals surface area contributed by atoms with Gasteiger partial charge in [-0.1, -0.05) is 23.2 Å². The average Bonchev–Trinajstić information content (AvgIpc) is 2.36. The Morgan fingerprint density at radius 2 is 1.80 bits per heavy atom. The van der Waals surface area contributed by atoms with Crippen LogP contribution in [0.25, 0.3) is 0 Å². The zero-order chi connectivity index (χ0) is 14.7. The Labute approximate surface area is 125 Å². The number of nitrogens with two attached hydrogens (primary N) is 1. The largest absolute Gasteiger partial charge is 0.393 e. The van der Waals surface area contributed by atoms with Crippen molar-refractivity contribution in [2.24, 2.45) is 0 Å². The van der Waals surface area contributed by atoms with Crippen LogP contribution < -0.4 is 11.1 Å². The molecule has 0 aliphatic carbocycles. The van der Waals surface area contributed by atoms with Crippen molar-refractivity contribution in [2.75, 3.05) is 11.1 Å². The molecule has 3 N–H and O–H groups in total. The molecular formula is C13H11Cl2N3O2. The summed E-state index contributed by atoms with van der Waals surface area (Å²) in [7, 11) is 0. The zero-order valence-corrected chi connectivity index (χ0v) is 11.8. The minimum absolute atomic E-state index is 0.126. The lowest BCUT2D eigenvalue weighted by atomic mass is 10.2. The molecule has 104 valence electrons. The van der Waals surface area contributed by atoms with Crippen LogP contribution in [0.3, 0.4) is 0 Å². The van der Waals surface area contributed by atoms with Gasteiger partial charge in [0.05, 0.1) is 4.92 Å². The van der Waals surface area contributed by atoms with Crippen LogP contribution >= 0.6 is 23.2 Å². The van der Waals surface area contributed by atoms with Gasteiger partial charge >= 0.3 is 0 Å². The van der Waals surface area contributed by atoms with Gasteiger partial charge in [0.25, 0.3) is 5.69 Å². The number of nitrogens with one attached hydrogen (secondary N) is 1. The first kappa shape index (κ1) is 14.4. The van der Waals surface area contributed by atoms with Crippen molar-refractivity contribution in [3.63, 3.8) is 0 Å². The Kier molecular flexibility index (Phi) is 4.32. The lowest BCUT2D eigenvalue weighted by Gasteiger charge is -2.08. The predicted octanol–water partition coefficient (Wildman–Crippen LogP) is 4.10. The smallest absolute Gasteiger partial charge is 0.294 e. The lowest BCUT2D eigenvalue weighted by molar-refractivity contribution is -0.383. The number of nitro groups is 1. The fraction of sp³-hybridized carbons (Fsp3) is 0.0769. The molecule has 2 aromatic carbocycles. The van der Waals surface area contributed by atoms with E-state index in [9.17, 15) is 10.1 Å². The minimum atomic E-state index is -0.517. The molecule has 2 aromatic rings. The number of hydrogen-bond acceptors (Lipinski definition) is 4. The molecule has 0 aliphatic heterocycles.